The van der Waals surface area contributed by atoms with E-state index >= 15 is 0 Å². The third-order valence-electron chi connectivity index (χ3n) is 2.91. The van der Waals surface area contributed by atoms with Crippen molar-refractivity contribution in [1.82, 2.24) is 9.97 Å². The first-order valence-electron chi connectivity index (χ1n) is 5.79. The lowest BCUT2D eigenvalue weighted by atomic mass is 10.0. The van der Waals surface area contributed by atoms with Gasteiger partial charge in [0.1, 0.15) is 0 Å². The van der Waals surface area contributed by atoms with Gasteiger partial charge >= 0.3 is 0 Å². The fourth-order valence-corrected chi connectivity index (χ4v) is 2.03. The first kappa shape index (κ1) is 10.9. The van der Waals surface area contributed by atoms with Crippen molar-refractivity contribution in [3.05, 3.63) is 60.4 Å². The standard InChI is InChI=1S/C15H12N2O/c18-10-12-8-9-16-15(17-12)14-7-3-5-11-4-1-2-6-13(11)14/h1-9,18H,10H2. The monoisotopic (exact) mass is 236 g/mol. The Hall–Kier alpha value is -2.26. The SMILES string of the molecule is OCc1ccnc(-c2cccc3ccccc23)n1. The van der Waals surface area contributed by atoms with Gasteiger partial charge in [0.05, 0.1) is 12.3 Å². The summed E-state index contributed by atoms with van der Waals surface area (Å²) in [6.07, 6.45) is 1.68. The molecule has 0 spiro atoms. The number of fused-ring (bicyclic) bond motifs is 1. The minimum Gasteiger partial charge on any atom is -0.390 e. The van der Waals surface area contributed by atoms with E-state index in [9.17, 15) is 0 Å². The van der Waals surface area contributed by atoms with Crippen LogP contribution in [0.4, 0.5) is 0 Å². The van der Waals surface area contributed by atoms with Gasteiger partial charge in [0.2, 0.25) is 0 Å². The van der Waals surface area contributed by atoms with Crippen molar-refractivity contribution < 1.29 is 5.11 Å². The summed E-state index contributed by atoms with van der Waals surface area (Å²) in [4.78, 5) is 8.64. The maximum Gasteiger partial charge on any atom is 0.160 e. The second-order valence-corrected chi connectivity index (χ2v) is 4.06. The van der Waals surface area contributed by atoms with Gasteiger partial charge in [-0.25, -0.2) is 9.97 Å². The molecule has 0 bridgehead atoms. The molecule has 0 aliphatic heterocycles. The summed E-state index contributed by atoms with van der Waals surface area (Å²) in [6, 6.07) is 15.9. The fraction of sp³-hybridized carbons (Fsp3) is 0.0667. The number of aromatic nitrogens is 2. The molecule has 1 N–H and O–H groups in total. The van der Waals surface area contributed by atoms with Crippen molar-refractivity contribution in [2.24, 2.45) is 0 Å². The van der Waals surface area contributed by atoms with E-state index in [2.05, 4.69) is 28.2 Å². The van der Waals surface area contributed by atoms with Gasteiger partial charge in [-0.2, -0.15) is 0 Å². The number of nitrogens with zero attached hydrogens (tertiary/aromatic N) is 2. The molecule has 0 saturated carbocycles. The van der Waals surface area contributed by atoms with E-state index in [4.69, 9.17) is 5.11 Å². The van der Waals surface area contributed by atoms with Crippen LogP contribution in [-0.2, 0) is 6.61 Å². The van der Waals surface area contributed by atoms with Gasteiger partial charge in [0, 0.05) is 11.8 Å². The summed E-state index contributed by atoms with van der Waals surface area (Å²) in [5, 5.41) is 11.4. The van der Waals surface area contributed by atoms with Crippen molar-refractivity contribution >= 4 is 10.8 Å². The number of hydrogen-bond acceptors (Lipinski definition) is 3. The molecule has 88 valence electrons. The number of aliphatic hydroxyl groups is 1. The topological polar surface area (TPSA) is 46.0 Å². The number of aliphatic hydroxyl groups excluding tert-OH is 1. The Morgan fingerprint density at radius 3 is 2.67 bits per heavy atom. The summed E-state index contributed by atoms with van der Waals surface area (Å²) in [7, 11) is 0. The van der Waals surface area contributed by atoms with E-state index in [1.165, 1.54) is 0 Å². The van der Waals surface area contributed by atoms with Crippen molar-refractivity contribution in [3.8, 4) is 11.4 Å². The molecule has 1 aromatic heterocycles. The highest BCUT2D eigenvalue weighted by Gasteiger charge is 2.06. The van der Waals surface area contributed by atoms with Crippen LogP contribution in [0.1, 0.15) is 5.69 Å². The van der Waals surface area contributed by atoms with Crippen molar-refractivity contribution in [3.63, 3.8) is 0 Å². The average molecular weight is 236 g/mol. The second kappa shape index (κ2) is 4.55. The lowest BCUT2D eigenvalue weighted by Gasteiger charge is -2.06. The fourth-order valence-electron chi connectivity index (χ4n) is 2.03. The average Bonchev–Trinajstić information content (AvgIpc) is 2.47. The van der Waals surface area contributed by atoms with Gasteiger partial charge in [-0.15, -0.1) is 0 Å². The van der Waals surface area contributed by atoms with E-state index in [1.807, 2.05) is 24.3 Å². The summed E-state index contributed by atoms with van der Waals surface area (Å²) in [5.41, 5.74) is 1.62. The van der Waals surface area contributed by atoms with Crippen LogP contribution >= 0.6 is 0 Å². The molecule has 3 rings (SSSR count). The Bertz CT molecular complexity index is 689. The molecule has 0 saturated heterocycles. The summed E-state index contributed by atoms with van der Waals surface area (Å²) in [6.45, 7) is -0.0692. The van der Waals surface area contributed by atoms with Crippen LogP contribution in [0.15, 0.2) is 54.7 Å². The Labute approximate surface area is 105 Å². The van der Waals surface area contributed by atoms with Crippen LogP contribution < -0.4 is 0 Å². The lowest BCUT2D eigenvalue weighted by molar-refractivity contribution is 0.277. The van der Waals surface area contributed by atoms with Gasteiger partial charge in [0.15, 0.2) is 5.82 Å². The van der Waals surface area contributed by atoms with Gasteiger partial charge in [-0.3, -0.25) is 0 Å². The van der Waals surface area contributed by atoms with E-state index in [0.717, 1.165) is 16.3 Å². The minimum atomic E-state index is -0.0692. The van der Waals surface area contributed by atoms with Crippen LogP contribution in [0.5, 0.6) is 0 Å². The van der Waals surface area contributed by atoms with Gasteiger partial charge in [-0.1, -0.05) is 42.5 Å². The van der Waals surface area contributed by atoms with Crippen LogP contribution in [0.2, 0.25) is 0 Å². The summed E-state index contributed by atoms with van der Waals surface area (Å²) < 4.78 is 0. The van der Waals surface area contributed by atoms with Crippen LogP contribution in [0.3, 0.4) is 0 Å². The molecule has 0 fully saturated rings. The Morgan fingerprint density at radius 1 is 0.944 bits per heavy atom. The highest BCUT2D eigenvalue weighted by Crippen LogP contribution is 2.25. The van der Waals surface area contributed by atoms with Gasteiger partial charge in [-0.05, 0) is 16.8 Å². The maximum atomic E-state index is 9.13. The number of rotatable bonds is 2. The molecule has 0 atom stereocenters. The van der Waals surface area contributed by atoms with Crippen molar-refractivity contribution in [1.29, 1.82) is 0 Å². The molecule has 0 aliphatic rings. The zero-order valence-electron chi connectivity index (χ0n) is 9.74. The van der Waals surface area contributed by atoms with Crippen LogP contribution in [0, 0.1) is 0 Å². The quantitative estimate of drug-likeness (QED) is 0.744. The largest absolute Gasteiger partial charge is 0.390 e. The predicted octanol–water partition coefficient (Wildman–Crippen LogP) is 2.79. The predicted molar refractivity (Wildman–Crippen MR) is 70.9 cm³/mol. The molecule has 0 unspecified atom stereocenters. The first-order valence-corrected chi connectivity index (χ1v) is 5.79. The molecule has 3 nitrogen and oxygen atoms in total. The van der Waals surface area contributed by atoms with Crippen molar-refractivity contribution in [2.75, 3.05) is 0 Å². The van der Waals surface area contributed by atoms with Gasteiger partial charge in [0.25, 0.3) is 0 Å². The molecule has 1 heterocycles. The molecule has 0 amide bonds. The first-order chi connectivity index (χ1) is 8.88. The smallest absolute Gasteiger partial charge is 0.160 e. The Kier molecular flexibility index (Phi) is 2.74. The summed E-state index contributed by atoms with van der Waals surface area (Å²) in [5.74, 6) is 0.651. The second-order valence-electron chi connectivity index (χ2n) is 4.06. The van der Waals surface area contributed by atoms with E-state index in [1.54, 1.807) is 12.3 Å². The number of benzene rings is 2. The summed E-state index contributed by atoms with van der Waals surface area (Å²) >= 11 is 0. The lowest BCUT2D eigenvalue weighted by Crippen LogP contribution is -1.95. The molecule has 18 heavy (non-hydrogen) atoms. The number of hydrogen-bond donors (Lipinski definition) is 1. The van der Waals surface area contributed by atoms with Gasteiger partial charge < -0.3 is 5.11 Å². The molecular formula is C15H12N2O. The van der Waals surface area contributed by atoms with Crippen LogP contribution in [0.25, 0.3) is 22.2 Å². The third kappa shape index (κ3) is 1.85. The molecular weight excluding hydrogens is 224 g/mol. The van der Waals surface area contributed by atoms with Crippen molar-refractivity contribution in [2.45, 2.75) is 6.61 Å². The zero-order valence-corrected chi connectivity index (χ0v) is 9.74. The molecule has 0 aliphatic carbocycles. The minimum absolute atomic E-state index is 0.0692. The van der Waals surface area contributed by atoms with E-state index in [-0.39, 0.29) is 6.61 Å². The molecule has 2 aromatic carbocycles. The van der Waals surface area contributed by atoms with Crippen LogP contribution in [-0.4, -0.2) is 15.1 Å². The van der Waals surface area contributed by atoms with E-state index < -0.39 is 0 Å². The zero-order chi connectivity index (χ0) is 12.4. The third-order valence-corrected chi connectivity index (χ3v) is 2.91. The highest BCUT2D eigenvalue weighted by molar-refractivity contribution is 5.94. The molecule has 3 heteroatoms. The Morgan fingerprint density at radius 2 is 1.78 bits per heavy atom. The van der Waals surface area contributed by atoms with E-state index in [0.29, 0.717) is 11.5 Å². The molecule has 3 aromatic rings. The highest BCUT2D eigenvalue weighted by atomic mass is 16.3. The maximum absolute atomic E-state index is 9.13. The molecule has 0 radical (unpaired) electrons. The Balaban J connectivity index is 2.24. The normalized spacial score (nSPS) is 10.7.